The fourth-order valence-corrected chi connectivity index (χ4v) is 2.22. The third kappa shape index (κ3) is 4.05. The highest BCUT2D eigenvalue weighted by Crippen LogP contribution is 2.21. The van der Waals surface area contributed by atoms with Crippen molar-refractivity contribution < 1.29 is 13.9 Å². The molecule has 5 nitrogen and oxygen atoms in total. The number of hydrogen-bond donors (Lipinski definition) is 1. The highest BCUT2D eigenvalue weighted by Gasteiger charge is 2.08. The lowest BCUT2D eigenvalue weighted by atomic mass is 10.2. The number of hydrogen-bond acceptors (Lipinski definition) is 4. The minimum absolute atomic E-state index is 0.00707. The number of nitrogens with zero attached hydrogens (tertiary/aromatic N) is 2. The van der Waals surface area contributed by atoms with Gasteiger partial charge in [0.2, 0.25) is 0 Å². The Morgan fingerprint density at radius 3 is 2.38 bits per heavy atom. The molecule has 120 valence electrons. The minimum atomic E-state index is -0.503. The number of benzene rings is 2. The summed E-state index contributed by atoms with van der Waals surface area (Å²) in [7, 11) is 0. The van der Waals surface area contributed by atoms with Gasteiger partial charge in [0.15, 0.2) is 11.6 Å². The molecule has 3 rings (SSSR count). The van der Waals surface area contributed by atoms with E-state index in [9.17, 15) is 9.18 Å². The van der Waals surface area contributed by atoms with Crippen LogP contribution in [0, 0.1) is 9.39 Å². The first-order chi connectivity index (χ1) is 11.6. The van der Waals surface area contributed by atoms with Gasteiger partial charge in [0.1, 0.15) is 0 Å². The fourth-order valence-electron chi connectivity index (χ4n) is 1.86. The number of halogens is 2. The smallest absolute Gasteiger partial charge is 0.322 e. The van der Waals surface area contributed by atoms with Crippen molar-refractivity contribution in [3.05, 3.63) is 75.9 Å². The van der Waals surface area contributed by atoms with Crippen LogP contribution in [-0.4, -0.2) is 15.9 Å². The van der Waals surface area contributed by atoms with Crippen LogP contribution in [0.4, 0.5) is 10.1 Å². The van der Waals surface area contributed by atoms with Gasteiger partial charge >= 0.3 is 6.01 Å². The van der Waals surface area contributed by atoms with E-state index in [-0.39, 0.29) is 17.7 Å². The Hall–Kier alpha value is -2.55. The Bertz CT molecular complexity index is 854. The summed E-state index contributed by atoms with van der Waals surface area (Å²) in [6.07, 6.45) is 2.79. The second-order valence-electron chi connectivity index (χ2n) is 4.75. The summed E-state index contributed by atoms with van der Waals surface area (Å²) in [4.78, 5) is 20.0. The molecule has 0 aliphatic rings. The van der Waals surface area contributed by atoms with Gasteiger partial charge in [0.25, 0.3) is 5.91 Å². The molecular formula is C17H11FIN3O2. The normalized spacial score (nSPS) is 10.2. The zero-order chi connectivity index (χ0) is 16.9. The molecule has 3 aromatic rings. The number of carbonyl (C=O) groups excluding carboxylic acids is 1. The number of aromatic nitrogens is 2. The summed E-state index contributed by atoms with van der Waals surface area (Å²) in [6, 6.07) is 13.1. The fraction of sp³-hybridized carbons (Fsp3) is 0. The Morgan fingerprint density at radius 1 is 1.04 bits per heavy atom. The molecule has 2 aromatic carbocycles. The number of rotatable bonds is 4. The molecule has 0 saturated heterocycles. The maximum absolute atomic E-state index is 13.5. The van der Waals surface area contributed by atoms with E-state index in [1.807, 2.05) is 12.1 Å². The van der Waals surface area contributed by atoms with Gasteiger partial charge in [-0.15, -0.1) is 0 Å². The number of anilines is 1. The molecule has 0 radical (unpaired) electrons. The van der Waals surface area contributed by atoms with Gasteiger partial charge in [-0.3, -0.25) is 4.79 Å². The predicted octanol–water partition coefficient (Wildman–Crippen LogP) is 4.26. The molecule has 0 fully saturated rings. The predicted molar refractivity (Wildman–Crippen MR) is 95.6 cm³/mol. The summed E-state index contributed by atoms with van der Waals surface area (Å²) in [6.45, 7) is 0. The van der Waals surface area contributed by atoms with Gasteiger partial charge in [0.05, 0.1) is 18.1 Å². The molecule has 1 N–H and O–H groups in total. The van der Waals surface area contributed by atoms with Crippen molar-refractivity contribution in [1.29, 1.82) is 0 Å². The van der Waals surface area contributed by atoms with Gasteiger partial charge in [-0.2, -0.15) is 0 Å². The zero-order valence-electron chi connectivity index (χ0n) is 12.2. The van der Waals surface area contributed by atoms with Crippen molar-refractivity contribution >= 4 is 34.2 Å². The molecule has 0 aliphatic heterocycles. The van der Waals surface area contributed by atoms with Crippen molar-refractivity contribution in [2.24, 2.45) is 0 Å². The highest BCUT2D eigenvalue weighted by molar-refractivity contribution is 14.1. The highest BCUT2D eigenvalue weighted by atomic mass is 127. The topological polar surface area (TPSA) is 64.1 Å². The van der Waals surface area contributed by atoms with Crippen molar-refractivity contribution in [2.45, 2.75) is 0 Å². The average Bonchev–Trinajstić information content (AvgIpc) is 2.59. The number of ether oxygens (including phenoxy) is 1. The summed E-state index contributed by atoms with van der Waals surface area (Å²) in [5, 5.41) is 2.68. The quantitative estimate of drug-likeness (QED) is 0.622. The largest absolute Gasteiger partial charge is 0.421 e. The van der Waals surface area contributed by atoms with Gasteiger partial charge in [-0.25, -0.2) is 14.4 Å². The van der Waals surface area contributed by atoms with E-state index < -0.39 is 5.82 Å². The molecule has 0 aliphatic carbocycles. The molecule has 0 saturated carbocycles. The monoisotopic (exact) mass is 435 g/mol. The Balaban J connectivity index is 1.67. The van der Waals surface area contributed by atoms with Crippen LogP contribution in [0.5, 0.6) is 11.8 Å². The summed E-state index contributed by atoms with van der Waals surface area (Å²) < 4.78 is 19.8. The summed E-state index contributed by atoms with van der Waals surface area (Å²) >= 11 is 2.17. The van der Waals surface area contributed by atoms with E-state index in [4.69, 9.17) is 4.74 Å². The lowest BCUT2D eigenvalue weighted by Gasteiger charge is -2.07. The van der Waals surface area contributed by atoms with Gasteiger partial charge < -0.3 is 10.1 Å². The Kier molecular flexibility index (Phi) is 4.99. The summed E-state index contributed by atoms with van der Waals surface area (Å²) in [5.41, 5.74) is 0.946. The maximum atomic E-state index is 13.5. The number of para-hydroxylation sites is 1. The Labute approximate surface area is 151 Å². The zero-order valence-corrected chi connectivity index (χ0v) is 14.4. The van der Waals surface area contributed by atoms with Gasteiger partial charge in [0, 0.05) is 9.13 Å². The average molecular weight is 435 g/mol. The first-order valence-electron chi connectivity index (χ1n) is 6.93. The molecule has 24 heavy (non-hydrogen) atoms. The molecule has 0 spiro atoms. The molecular weight excluding hydrogens is 424 g/mol. The molecule has 7 heteroatoms. The number of carbonyl (C=O) groups is 1. The SMILES string of the molecule is O=C(Nc1cnc(Oc2ccccc2F)nc1)c1ccc(I)cc1. The van der Waals surface area contributed by atoms with E-state index in [0.29, 0.717) is 11.3 Å². The summed E-state index contributed by atoms with van der Waals surface area (Å²) in [5.74, 6) is -0.733. The van der Waals surface area contributed by atoms with Crippen LogP contribution >= 0.6 is 22.6 Å². The molecule has 0 unspecified atom stereocenters. The van der Waals surface area contributed by atoms with Crippen LogP contribution in [0.25, 0.3) is 0 Å². The number of nitrogens with one attached hydrogen (secondary N) is 1. The first-order valence-corrected chi connectivity index (χ1v) is 8.01. The van der Waals surface area contributed by atoms with Crippen molar-refractivity contribution in [3.8, 4) is 11.8 Å². The molecule has 1 aromatic heterocycles. The lowest BCUT2D eigenvalue weighted by Crippen LogP contribution is -2.12. The third-order valence-electron chi connectivity index (χ3n) is 3.03. The van der Waals surface area contributed by atoms with Crippen LogP contribution in [0.2, 0.25) is 0 Å². The molecule has 0 bridgehead atoms. The van der Waals surface area contributed by atoms with E-state index in [0.717, 1.165) is 3.57 Å². The third-order valence-corrected chi connectivity index (χ3v) is 3.75. The van der Waals surface area contributed by atoms with Crippen molar-refractivity contribution in [3.63, 3.8) is 0 Å². The van der Waals surface area contributed by atoms with Crippen LogP contribution < -0.4 is 10.1 Å². The number of amides is 1. The van der Waals surface area contributed by atoms with E-state index in [1.165, 1.54) is 24.5 Å². The standard InChI is InChI=1S/C17H11FIN3O2/c18-14-3-1-2-4-15(14)24-17-20-9-13(10-21-17)22-16(23)11-5-7-12(19)8-6-11/h1-10H,(H,22,23). The van der Waals surface area contributed by atoms with Crippen LogP contribution in [0.3, 0.4) is 0 Å². The first kappa shape index (κ1) is 16.3. The van der Waals surface area contributed by atoms with Crippen LogP contribution in [-0.2, 0) is 0 Å². The van der Waals surface area contributed by atoms with Crippen molar-refractivity contribution in [1.82, 2.24) is 9.97 Å². The second kappa shape index (κ2) is 7.35. The van der Waals surface area contributed by atoms with E-state index in [2.05, 4.69) is 37.9 Å². The Morgan fingerprint density at radius 2 is 1.71 bits per heavy atom. The molecule has 1 heterocycles. The van der Waals surface area contributed by atoms with Crippen LogP contribution in [0.1, 0.15) is 10.4 Å². The van der Waals surface area contributed by atoms with Crippen LogP contribution in [0.15, 0.2) is 60.9 Å². The van der Waals surface area contributed by atoms with E-state index in [1.54, 1.807) is 24.3 Å². The van der Waals surface area contributed by atoms with Gasteiger partial charge in [-0.05, 0) is 59.0 Å². The molecule has 0 atom stereocenters. The minimum Gasteiger partial charge on any atom is -0.421 e. The van der Waals surface area contributed by atoms with Crippen molar-refractivity contribution in [2.75, 3.05) is 5.32 Å². The molecule has 1 amide bonds. The maximum Gasteiger partial charge on any atom is 0.322 e. The van der Waals surface area contributed by atoms with E-state index >= 15 is 0 Å². The lowest BCUT2D eigenvalue weighted by molar-refractivity contribution is 0.102. The van der Waals surface area contributed by atoms with Gasteiger partial charge in [-0.1, -0.05) is 12.1 Å². The second-order valence-corrected chi connectivity index (χ2v) is 5.99.